The summed E-state index contributed by atoms with van der Waals surface area (Å²) in [5, 5.41) is 11.7. The first-order chi connectivity index (χ1) is 12.7. The number of hydrogen-bond donors (Lipinski definition) is 2. The van der Waals surface area contributed by atoms with Gasteiger partial charge in [-0.25, -0.2) is 9.97 Å². The van der Waals surface area contributed by atoms with E-state index in [-0.39, 0.29) is 6.04 Å². The minimum atomic E-state index is -0.415. The second-order valence-corrected chi connectivity index (χ2v) is 6.86. The number of β-amino-alcohol motifs (C(OH)–C–C–N with tert-alkyl or cyclic N) is 1. The molecule has 0 aliphatic carbocycles. The molecule has 1 aliphatic heterocycles. The number of anilines is 1. The summed E-state index contributed by atoms with van der Waals surface area (Å²) < 4.78 is 0. The number of hydrogen-bond acceptors (Lipinski definition) is 6. The molecular weight excluding hydrogens is 328 g/mol. The van der Waals surface area contributed by atoms with E-state index in [0.29, 0.717) is 6.54 Å². The summed E-state index contributed by atoms with van der Waals surface area (Å²) in [5.74, 6) is 0.893. The molecule has 7 nitrogen and oxygen atoms in total. The largest absolute Gasteiger partial charge is 0.390 e. The maximum atomic E-state index is 10.7. The predicted octanol–water partition coefficient (Wildman–Crippen LogP) is 1.47. The van der Waals surface area contributed by atoms with Crippen LogP contribution in [0.25, 0.3) is 11.0 Å². The van der Waals surface area contributed by atoms with Crippen LogP contribution < -0.4 is 4.90 Å². The summed E-state index contributed by atoms with van der Waals surface area (Å²) in [4.78, 5) is 20.6. The molecule has 4 heterocycles. The van der Waals surface area contributed by atoms with E-state index >= 15 is 0 Å². The van der Waals surface area contributed by atoms with Crippen molar-refractivity contribution in [1.82, 2.24) is 24.8 Å². The van der Waals surface area contributed by atoms with E-state index in [1.165, 1.54) is 0 Å². The van der Waals surface area contributed by atoms with Crippen LogP contribution in [0.5, 0.6) is 0 Å². The lowest BCUT2D eigenvalue weighted by molar-refractivity contribution is 0.0509. The lowest BCUT2D eigenvalue weighted by Crippen LogP contribution is -2.53. The lowest BCUT2D eigenvalue weighted by Gasteiger charge is -2.40. The highest BCUT2D eigenvalue weighted by molar-refractivity contribution is 5.87. The Labute approximate surface area is 152 Å². The number of aliphatic hydroxyl groups excluding tert-OH is 1. The van der Waals surface area contributed by atoms with Crippen LogP contribution in [0.2, 0.25) is 0 Å². The summed E-state index contributed by atoms with van der Waals surface area (Å²) in [6, 6.07) is 8.13. The van der Waals surface area contributed by atoms with Gasteiger partial charge in [0.05, 0.1) is 11.5 Å². The second-order valence-electron chi connectivity index (χ2n) is 6.86. The predicted molar refractivity (Wildman–Crippen MR) is 101 cm³/mol. The number of H-pyrrole nitrogens is 1. The van der Waals surface area contributed by atoms with Crippen LogP contribution in [0.4, 0.5) is 5.82 Å². The third kappa shape index (κ3) is 3.40. The highest BCUT2D eigenvalue weighted by Gasteiger charge is 2.31. The Hall–Kier alpha value is -2.51. The third-order valence-electron chi connectivity index (χ3n) is 5.19. The molecule has 7 heteroatoms. The van der Waals surface area contributed by atoms with Crippen molar-refractivity contribution < 1.29 is 5.11 Å². The van der Waals surface area contributed by atoms with Gasteiger partial charge in [0.2, 0.25) is 0 Å². The van der Waals surface area contributed by atoms with Crippen molar-refractivity contribution in [1.29, 1.82) is 0 Å². The van der Waals surface area contributed by atoms with Gasteiger partial charge in [-0.15, -0.1) is 0 Å². The highest BCUT2D eigenvalue weighted by atomic mass is 16.3. The van der Waals surface area contributed by atoms with Crippen LogP contribution in [-0.4, -0.2) is 68.8 Å². The van der Waals surface area contributed by atoms with Gasteiger partial charge in [-0.1, -0.05) is 6.07 Å². The Bertz CT molecular complexity index is 851. The molecule has 26 heavy (non-hydrogen) atoms. The fourth-order valence-electron chi connectivity index (χ4n) is 3.74. The molecule has 0 radical (unpaired) electrons. The average Bonchev–Trinajstić information content (AvgIpc) is 3.15. The molecule has 1 saturated heterocycles. The average molecular weight is 352 g/mol. The van der Waals surface area contributed by atoms with E-state index in [1.807, 2.05) is 36.7 Å². The third-order valence-corrected chi connectivity index (χ3v) is 5.19. The molecule has 2 atom stereocenters. The quantitative estimate of drug-likeness (QED) is 0.724. The van der Waals surface area contributed by atoms with Gasteiger partial charge in [0, 0.05) is 50.2 Å². The van der Waals surface area contributed by atoms with Crippen LogP contribution in [0.15, 0.2) is 43.0 Å². The summed E-state index contributed by atoms with van der Waals surface area (Å²) in [7, 11) is 2.08. The van der Waals surface area contributed by atoms with E-state index in [2.05, 4.69) is 36.8 Å². The van der Waals surface area contributed by atoms with Crippen LogP contribution >= 0.6 is 0 Å². The van der Waals surface area contributed by atoms with Gasteiger partial charge in [0.15, 0.2) is 0 Å². The smallest absolute Gasteiger partial charge is 0.142 e. The zero-order valence-corrected chi connectivity index (χ0v) is 14.9. The van der Waals surface area contributed by atoms with E-state index in [0.717, 1.165) is 48.5 Å². The van der Waals surface area contributed by atoms with Crippen molar-refractivity contribution in [3.8, 4) is 0 Å². The molecule has 0 bridgehead atoms. The molecule has 4 rings (SSSR count). The molecule has 2 N–H and O–H groups in total. The minimum Gasteiger partial charge on any atom is -0.390 e. The number of aromatic amines is 1. The summed E-state index contributed by atoms with van der Waals surface area (Å²) in [6.07, 6.45) is 6.65. The van der Waals surface area contributed by atoms with E-state index in [4.69, 9.17) is 0 Å². The second kappa shape index (κ2) is 7.39. The van der Waals surface area contributed by atoms with Crippen LogP contribution in [0, 0.1) is 0 Å². The molecule has 0 aromatic carbocycles. The molecule has 3 aromatic rings. The molecule has 1 aliphatic rings. The van der Waals surface area contributed by atoms with Gasteiger partial charge in [-0.2, -0.15) is 0 Å². The topological polar surface area (TPSA) is 81.2 Å². The summed E-state index contributed by atoms with van der Waals surface area (Å²) in [5.41, 5.74) is 1.92. The zero-order chi connectivity index (χ0) is 17.9. The van der Waals surface area contributed by atoms with Crippen LogP contribution in [0.1, 0.15) is 12.1 Å². The first-order valence-corrected chi connectivity index (χ1v) is 9.03. The van der Waals surface area contributed by atoms with Gasteiger partial charge in [0.1, 0.15) is 17.8 Å². The molecule has 3 aromatic heterocycles. The van der Waals surface area contributed by atoms with Gasteiger partial charge < -0.3 is 19.9 Å². The summed E-state index contributed by atoms with van der Waals surface area (Å²) >= 11 is 0. The molecular formula is C19H24N6O. The van der Waals surface area contributed by atoms with E-state index < -0.39 is 6.10 Å². The molecule has 0 spiro atoms. The Kier molecular flexibility index (Phi) is 4.81. The normalized spacial score (nSPS) is 20.8. The van der Waals surface area contributed by atoms with Crippen molar-refractivity contribution in [2.75, 3.05) is 31.6 Å². The van der Waals surface area contributed by atoms with Crippen molar-refractivity contribution in [2.45, 2.75) is 25.0 Å². The maximum absolute atomic E-state index is 10.7. The standard InChI is InChI=1S/C19H24N6O/c1-24(10-6-14-4-2-3-8-20-14)16-7-11-25(12-17(16)26)19-15-5-9-21-18(15)22-13-23-19/h2-5,8-9,13,16-17,26H,6-7,10-12H2,1H3,(H,21,22,23)/t16-,17-/m1/s1. The Morgan fingerprint density at radius 1 is 1.27 bits per heavy atom. The molecule has 0 saturated carbocycles. The van der Waals surface area contributed by atoms with Crippen molar-refractivity contribution in [2.24, 2.45) is 0 Å². The van der Waals surface area contributed by atoms with Crippen molar-refractivity contribution in [3.63, 3.8) is 0 Å². The number of likely N-dealkylation sites (N-methyl/N-ethyl adjacent to an activating group) is 1. The Balaban J connectivity index is 1.39. The first kappa shape index (κ1) is 16.9. The van der Waals surface area contributed by atoms with Crippen LogP contribution in [-0.2, 0) is 6.42 Å². The van der Waals surface area contributed by atoms with Gasteiger partial charge in [-0.3, -0.25) is 4.98 Å². The number of pyridine rings is 1. The fourth-order valence-corrected chi connectivity index (χ4v) is 3.74. The number of piperidine rings is 1. The Morgan fingerprint density at radius 2 is 2.19 bits per heavy atom. The highest BCUT2D eigenvalue weighted by Crippen LogP contribution is 2.26. The SMILES string of the molecule is CN(CCc1ccccn1)[C@@H]1CCN(c2ncnc3[nH]ccc23)C[C@H]1O. The molecule has 1 fully saturated rings. The van der Waals surface area contributed by atoms with Crippen LogP contribution in [0.3, 0.4) is 0 Å². The first-order valence-electron chi connectivity index (χ1n) is 9.03. The van der Waals surface area contributed by atoms with E-state index in [1.54, 1.807) is 6.33 Å². The monoisotopic (exact) mass is 352 g/mol. The fraction of sp³-hybridized carbons (Fsp3) is 0.421. The molecule has 136 valence electrons. The maximum Gasteiger partial charge on any atom is 0.142 e. The number of nitrogens with one attached hydrogen (secondary N) is 1. The van der Waals surface area contributed by atoms with Crippen molar-refractivity contribution >= 4 is 16.9 Å². The van der Waals surface area contributed by atoms with Gasteiger partial charge in [-0.05, 0) is 31.7 Å². The number of aliphatic hydroxyl groups is 1. The molecule has 0 amide bonds. The number of rotatable bonds is 5. The van der Waals surface area contributed by atoms with Gasteiger partial charge >= 0.3 is 0 Å². The lowest BCUT2D eigenvalue weighted by atomic mass is 10.00. The number of fused-ring (bicyclic) bond motifs is 1. The minimum absolute atomic E-state index is 0.151. The molecule has 0 unspecified atom stereocenters. The van der Waals surface area contributed by atoms with E-state index in [9.17, 15) is 5.11 Å². The Morgan fingerprint density at radius 3 is 3.00 bits per heavy atom. The number of nitrogens with zero attached hydrogens (tertiary/aromatic N) is 5. The summed E-state index contributed by atoms with van der Waals surface area (Å²) in [6.45, 7) is 2.33. The number of aromatic nitrogens is 4. The van der Waals surface area contributed by atoms with Gasteiger partial charge in [0.25, 0.3) is 0 Å². The van der Waals surface area contributed by atoms with Crippen molar-refractivity contribution in [3.05, 3.63) is 48.7 Å². The zero-order valence-electron chi connectivity index (χ0n) is 14.9.